The van der Waals surface area contributed by atoms with E-state index in [1.54, 1.807) is 40.2 Å². The molecule has 0 spiro atoms. The fourth-order valence-electron chi connectivity index (χ4n) is 2.74. The molecule has 1 aliphatic heterocycles. The molecule has 7 heteroatoms. The Morgan fingerprint density at radius 1 is 1.15 bits per heavy atom. The van der Waals surface area contributed by atoms with Crippen LogP contribution in [0.3, 0.4) is 0 Å². The van der Waals surface area contributed by atoms with E-state index in [2.05, 4.69) is 28.1 Å². The van der Waals surface area contributed by atoms with Crippen molar-refractivity contribution in [2.45, 2.75) is 22.2 Å². The second-order valence-corrected chi connectivity index (χ2v) is 9.20. The van der Waals surface area contributed by atoms with Crippen molar-refractivity contribution in [3.05, 3.63) is 79.6 Å². The van der Waals surface area contributed by atoms with Gasteiger partial charge in [0.1, 0.15) is 0 Å². The molecule has 1 aromatic heterocycles. The summed E-state index contributed by atoms with van der Waals surface area (Å²) in [6, 6.07) is 15.5. The second-order valence-electron chi connectivity index (χ2n) is 5.80. The largest absolute Gasteiger partial charge is 0.272 e. The summed E-state index contributed by atoms with van der Waals surface area (Å²) in [5.41, 5.74) is 2.91. The first-order valence-corrected chi connectivity index (χ1v) is 11.2. The van der Waals surface area contributed by atoms with Crippen LogP contribution in [-0.2, 0) is 12.2 Å². The zero-order chi connectivity index (χ0) is 18.1. The third kappa shape index (κ3) is 3.74. The molecule has 0 radical (unpaired) electrons. The molecule has 26 heavy (non-hydrogen) atoms. The molecule has 2 aromatic carbocycles. The molecule has 0 bridgehead atoms. The molecule has 0 N–H and O–H groups in total. The van der Waals surface area contributed by atoms with Crippen molar-refractivity contribution >= 4 is 51.1 Å². The van der Waals surface area contributed by atoms with Crippen molar-refractivity contribution in [2.75, 3.05) is 5.75 Å². The van der Waals surface area contributed by atoms with Crippen LogP contribution in [0.15, 0.2) is 67.9 Å². The van der Waals surface area contributed by atoms with Crippen LogP contribution < -0.4 is 5.56 Å². The second kappa shape index (κ2) is 7.80. The van der Waals surface area contributed by atoms with Gasteiger partial charge >= 0.3 is 0 Å². The SMILES string of the molecule is O=c1c2c(nc(SCc3ccc(Br)cc3)n1-c1ccc(Cl)cc1)CCS2. The van der Waals surface area contributed by atoms with Crippen molar-refractivity contribution in [3.8, 4) is 5.69 Å². The molecular weight excluding hydrogens is 452 g/mol. The molecule has 0 unspecified atom stereocenters. The molecule has 0 saturated carbocycles. The molecule has 4 rings (SSSR count). The van der Waals surface area contributed by atoms with E-state index < -0.39 is 0 Å². The van der Waals surface area contributed by atoms with Gasteiger partial charge in [0, 0.05) is 27.4 Å². The Labute approximate surface area is 173 Å². The van der Waals surface area contributed by atoms with Crippen LogP contribution >= 0.6 is 51.1 Å². The van der Waals surface area contributed by atoms with Gasteiger partial charge in [0.15, 0.2) is 5.16 Å². The summed E-state index contributed by atoms with van der Waals surface area (Å²) in [6.07, 6.45) is 0.850. The topological polar surface area (TPSA) is 34.9 Å². The average molecular weight is 466 g/mol. The van der Waals surface area contributed by atoms with Crippen LogP contribution in [0.5, 0.6) is 0 Å². The first-order chi connectivity index (χ1) is 12.6. The molecular formula is C19H14BrClN2OS2. The Hall–Kier alpha value is -1.21. The van der Waals surface area contributed by atoms with Crippen LogP contribution in [0.25, 0.3) is 5.69 Å². The maximum atomic E-state index is 13.1. The van der Waals surface area contributed by atoms with E-state index in [9.17, 15) is 4.79 Å². The predicted octanol–water partition coefficient (Wildman–Crippen LogP) is 5.59. The number of hydrogen-bond acceptors (Lipinski definition) is 4. The van der Waals surface area contributed by atoms with Crippen LogP contribution in [0, 0.1) is 0 Å². The number of fused-ring (bicyclic) bond motifs is 1. The molecule has 0 saturated heterocycles. The van der Waals surface area contributed by atoms with Gasteiger partial charge in [-0.3, -0.25) is 9.36 Å². The molecule has 0 atom stereocenters. The number of nitrogens with zero attached hydrogens (tertiary/aromatic N) is 2. The highest BCUT2D eigenvalue weighted by atomic mass is 79.9. The van der Waals surface area contributed by atoms with Crippen molar-refractivity contribution in [1.82, 2.24) is 9.55 Å². The van der Waals surface area contributed by atoms with Gasteiger partial charge in [-0.2, -0.15) is 0 Å². The highest BCUT2D eigenvalue weighted by molar-refractivity contribution is 9.10. The Bertz CT molecular complexity index is 1000. The number of benzene rings is 2. The first kappa shape index (κ1) is 18.2. The van der Waals surface area contributed by atoms with E-state index in [1.807, 2.05) is 24.3 Å². The molecule has 132 valence electrons. The van der Waals surface area contributed by atoms with E-state index in [-0.39, 0.29) is 5.56 Å². The Balaban J connectivity index is 1.75. The van der Waals surface area contributed by atoms with Gasteiger partial charge < -0.3 is 0 Å². The van der Waals surface area contributed by atoms with Crippen molar-refractivity contribution < 1.29 is 0 Å². The summed E-state index contributed by atoms with van der Waals surface area (Å²) in [6.45, 7) is 0. The van der Waals surface area contributed by atoms with Crippen LogP contribution in [-0.4, -0.2) is 15.3 Å². The Kier molecular flexibility index (Phi) is 5.45. The van der Waals surface area contributed by atoms with Crippen molar-refractivity contribution in [2.24, 2.45) is 0 Å². The molecule has 1 aliphatic rings. The maximum absolute atomic E-state index is 13.1. The van der Waals surface area contributed by atoms with Gasteiger partial charge in [-0.25, -0.2) is 4.98 Å². The summed E-state index contributed by atoms with van der Waals surface area (Å²) in [5.74, 6) is 1.66. The average Bonchev–Trinajstić information content (AvgIpc) is 3.11. The predicted molar refractivity (Wildman–Crippen MR) is 113 cm³/mol. The van der Waals surface area contributed by atoms with E-state index >= 15 is 0 Å². The third-order valence-corrected chi connectivity index (χ3v) is 6.93. The number of thioether (sulfide) groups is 2. The van der Waals surface area contributed by atoms with Gasteiger partial charge in [-0.15, -0.1) is 11.8 Å². The maximum Gasteiger partial charge on any atom is 0.272 e. The summed E-state index contributed by atoms with van der Waals surface area (Å²) >= 11 is 12.6. The van der Waals surface area contributed by atoms with Gasteiger partial charge in [0.2, 0.25) is 0 Å². The monoisotopic (exact) mass is 464 g/mol. The lowest BCUT2D eigenvalue weighted by Gasteiger charge is -2.14. The minimum Gasteiger partial charge on any atom is -0.268 e. The van der Waals surface area contributed by atoms with Crippen molar-refractivity contribution in [3.63, 3.8) is 0 Å². The standard InChI is InChI=1S/C19H14BrClN2OS2/c20-13-3-1-12(2-4-13)11-26-19-22-16-9-10-25-17(16)18(24)23(19)15-7-5-14(21)6-8-15/h1-8H,9-11H2. The number of hydrogen-bond donors (Lipinski definition) is 0. The lowest BCUT2D eigenvalue weighted by atomic mass is 10.2. The van der Waals surface area contributed by atoms with Gasteiger partial charge in [-0.1, -0.05) is 51.4 Å². The number of rotatable bonds is 4. The quantitative estimate of drug-likeness (QED) is 0.372. The highest BCUT2D eigenvalue weighted by Gasteiger charge is 2.22. The van der Waals surface area contributed by atoms with Crippen LogP contribution in [0.2, 0.25) is 5.02 Å². The first-order valence-electron chi connectivity index (χ1n) is 8.04. The fourth-order valence-corrected chi connectivity index (χ4v) is 5.13. The van der Waals surface area contributed by atoms with Gasteiger partial charge in [0.05, 0.1) is 16.3 Å². The highest BCUT2D eigenvalue weighted by Crippen LogP contribution is 2.31. The van der Waals surface area contributed by atoms with Crippen LogP contribution in [0.1, 0.15) is 11.3 Å². The minimum atomic E-state index is 0.0122. The normalized spacial score (nSPS) is 13.0. The van der Waals surface area contributed by atoms with E-state index in [0.29, 0.717) is 5.02 Å². The lowest BCUT2D eigenvalue weighted by molar-refractivity contribution is 0.739. The van der Waals surface area contributed by atoms with E-state index in [1.165, 1.54) is 5.56 Å². The molecule has 3 aromatic rings. The lowest BCUT2D eigenvalue weighted by Crippen LogP contribution is -2.23. The summed E-state index contributed by atoms with van der Waals surface area (Å²) in [4.78, 5) is 18.7. The molecule has 3 nitrogen and oxygen atoms in total. The molecule has 0 amide bonds. The number of aryl methyl sites for hydroxylation is 1. The molecule has 0 fully saturated rings. The summed E-state index contributed by atoms with van der Waals surface area (Å²) < 4.78 is 2.76. The number of aromatic nitrogens is 2. The summed E-state index contributed by atoms with van der Waals surface area (Å²) in [5, 5.41) is 1.37. The van der Waals surface area contributed by atoms with Crippen molar-refractivity contribution in [1.29, 1.82) is 0 Å². The van der Waals surface area contributed by atoms with E-state index in [0.717, 1.165) is 43.8 Å². The Morgan fingerprint density at radius 3 is 2.62 bits per heavy atom. The van der Waals surface area contributed by atoms with Gasteiger partial charge in [0.25, 0.3) is 5.56 Å². The molecule has 0 aliphatic carbocycles. The zero-order valence-electron chi connectivity index (χ0n) is 13.6. The number of halogens is 2. The van der Waals surface area contributed by atoms with E-state index in [4.69, 9.17) is 16.6 Å². The minimum absolute atomic E-state index is 0.0122. The van der Waals surface area contributed by atoms with Gasteiger partial charge in [-0.05, 0) is 42.0 Å². The summed E-state index contributed by atoms with van der Waals surface area (Å²) in [7, 11) is 0. The zero-order valence-corrected chi connectivity index (χ0v) is 17.6. The smallest absolute Gasteiger partial charge is 0.268 e. The Morgan fingerprint density at radius 2 is 1.88 bits per heavy atom. The third-order valence-electron chi connectivity index (χ3n) is 4.03. The van der Waals surface area contributed by atoms with Crippen LogP contribution in [0.4, 0.5) is 0 Å². The molecule has 2 heterocycles. The fraction of sp³-hybridized carbons (Fsp3) is 0.158.